The Morgan fingerprint density at radius 2 is 1.69 bits per heavy atom. The van der Waals surface area contributed by atoms with Crippen molar-refractivity contribution in [3.05, 3.63) is 168 Å². The number of carbonyl (C=O) groups is 1. The van der Waals surface area contributed by atoms with Gasteiger partial charge in [-0.25, -0.2) is 9.79 Å². The molecule has 0 fully saturated rings. The SMILES string of the molecule is CCOC(=O)C1=C(c2ccccc2)N=c2s/c(=C\c3cn(Cc4ccccc4C#N)c4ccccc34)c(=O)n2[C@@H]1c1ccc(C(C)C)cc1. The van der Waals surface area contributed by atoms with Crippen molar-refractivity contribution in [2.75, 3.05) is 6.61 Å². The molecule has 0 amide bonds. The number of carbonyl (C=O) groups excluding carboxylic acids is 1. The van der Waals surface area contributed by atoms with Crippen LogP contribution in [0.15, 0.2) is 125 Å². The second-order valence-electron chi connectivity index (χ2n) is 12.3. The van der Waals surface area contributed by atoms with E-state index >= 15 is 0 Å². The summed E-state index contributed by atoms with van der Waals surface area (Å²) in [5, 5.41) is 10.7. The molecule has 0 saturated heterocycles. The zero-order valence-electron chi connectivity index (χ0n) is 27.5. The summed E-state index contributed by atoms with van der Waals surface area (Å²) in [5.74, 6) is -0.176. The van der Waals surface area contributed by atoms with Gasteiger partial charge >= 0.3 is 5.97 Å². The van der Waals surface area contributed by atoms with Gasteiger partial charge in [0.15, 0.2) is 4.80 Å². The predicted molar refractivity (Wildman–Crippen MR) is 194 cm³/mol. The lowest BCUT2D eigenvalue weighted by Crippen LogP contribution is -2.40. The second-order valence-corrected chi connectivity index (χ2v) is 13.3. The van der Waals surface area contributed by atoms with Crippen LogP contribution >= 0.6 is 11.3 Å². The molecule has 0 N–H and O–H groups in total. The highest BCUT2D eigenvalue weighted by atomic mass is 32.1. The quantitative estimate of drug-likeness (QED) is 0.165. The molecule has 0 spiro atoms. The van der Waals surface area contributed by atoms with Gasteiger partial charge in [0.2, 0.25) is 0 Å². The average Bonchev–Trinajstić information content (AvgIpc) is 3.63. The third-order valence-corrected chi connectivity index (χ3v) is 9.86. The van der Waals surface area contributed by atoms with Crippen LogP contribution in [0.3, 0.4) is 0 Å². The van der Waals surface area contributed by atoms with Crippen LogP contribution in [0.4, 0.5) is 0 Å². The van der Waals surface area contributed by atoms with Crippen molar-refractivity contribution < 1.29 is 9.53 Å². The largest absolute Gasteiger partial charge is 0.463 e. The molecule has 242 valence electrons. The number of aromatic nitrogens is 2. The predicted octanol–water partition coefficient (Wildman–Crippen LogP) is 6.93. The van der Waals surface area contributed by atoms with E-state index in [0.717, 1.165) is 38.7 Å². The van der Waals surface area contributed by atoms with Crippen molar-refractivity contribution in [2.24, 2.45) is 4.99 Å². The summed E-state index contributed by atoms with van der Waals surface area (Å²) in [6.45, 7) is 6.74. The van der Waals surface area contributed by atoms with Crippen LogP contribution in [0.5, 0.6) is 0 Å². The molecule has 0 saturated carbocycles. The molecule has 49 heavy (non-hydrogen) atoms. The van der Waals surface area contributed by atoms with Gasteiger partial charge in [0.05, 0.1) is 40.1 Å². The molecular formula is C41H34N4O3S. The molecule has 1 atom stereocenters. The number of benzene rings is 4. The van der Waals surface area contributed by atoms with E-state index in [2.05, 4.69) is 36.6 Å². The number of para-hydroxylation sites is 1. The molecule has 0 aliphatic carbocycles. The number of ether oxygens (including phenoxy) is 1. The summed E-state index contributed by atoms with van der Waals surface area (Å²) in [4.78, 5) is 33.8. The summed E-state index contributed by atoms with van der Waals surface area (Å²) in [5.41, 5.74) is 6.74. The Morgan fingerprint density at radius 3 is 2.43 bits per heavy atom. The number of nitriles is 1. The fourth-order valence-electron chi connectivity index (χ4n) is 6.43. The standard InChI is InChI=1S/C41H34N4O3S/c1-4-48-40(47)36-37(28-12-6-5-7-13-28)43-41-45(38(36)29-20-18-27(19-21-29)26(2)3)39(46)35(49-41)22-32-25-44(34-17-11-10-16-33(32)34)24-31-15-9-8-14-30(31)23-42/h5-22,25-26,38H,4,24H2,1-3H3/b35-22-/t38-/m1/s1. The molecule has 3 heterocycles. The first-order valence-electron chi connectivity index (χ1n) is 16.3. The Bertz CT molecular complexity index is 2460. The summed E-state index contributed by atoms with van der Waals surface area (Å²) >= 11 is 1.31. The van der Waals surface area contributed by atoms with Gasteiger partial charge in [0, 0.05) is 34.8 Å². The smallest absolute Gasteiger partial charge is 0.338 e. The van der Waals surface area contributed by atoms with Gasteiger partial charge in [-0.05, 0) is 47.7 Å². The number of hydrogen-bond acceptors (Lipinski definition) is 6. The highest BCUT2D eigenvalue weighted by molar-refractivity contribution is 7.07. The zero-order chi connectivity index (χ0) is 34.1. The zero-order valence-corrected chi connectivity index (χ0v) is 28.3. The van der Waals surface area contributed by atoms with Crippen molar-refractivity contribution in [3.63, 3.8) is 0 Å². The minimum atomic E-state index is -0.738. The van der Waals surface area contributed by atoms with Crippen molar-refractivity contribution >= 4 is 40.0 Å². The van der Waals surface area contributed by atoms with E-state index in [4.69, 9.17) is 9.73 Å². The van der Waals surface area contributed by atoms with Crippen LogP contribution in [0, 0.1) is 11.3 Å². The molecule has 0 bridgehead atoms. The third kappa shape index (κ3) is 5.94. The summed E-state index contributed by atoms with van der Waals surface area (Å²) in [7, 11) is 0. The molecule has 1 aliphatic heterocycles. The van der Waals surface area contributed by atoms with Crippen LogP contribution in [0.25, 0.3) is 22.7 Å². The van der Waals surface area contributed by atoms with Crippen molar-refractivity contribution in [1.29, 1.82) is 5.26 Å². The van der Waals surface area contributed by atoms with E-state index in [-0.39, 0.29) is 12.2 Å². The summed E-state index contributed by atoms with van der Waals surface area (Å²) in [6, 6.07) is 34.9. The molecular weight excluding hydrogens is 629 g/mol. The van der Waals surface area contributed by atoms with E-state index in [1.54, 1.807) is 11.5 Å². The Balaban J connectivity index is 1.45. The lowest BCUT2D eigenvalue weighted by Gasteiger charge is -2.26. The molecule has 8 heteroatoms. The Labute approximate surface area is 288 Å². The number of nitrogens with zero attached hydrogens (tertiary/aromatic N) is 4. The maximum atomic E-state index is 14.5. The number of hydrogen-bond donors (Lipinski definition) is 0. The highest BCUT2D eigenvalue weighted by Crippen LogP contribution is 2.35. The van der Waals surface area contributed by atoms with E-state index in [9.17, 15) is 14.9 Å². The molecule has 4 aromatic carbocycles. The van der Waals surface area contributed by atoms with Gasteiger partial charge in [0.1, 0.15) is 0 Å². The van der Waals surface area contributed by atoms with Gasteiger partial charge in [-0.3, -0.25) is 9.36 Å². The maximum Gasteiger partial charge on any atom is 0.338 e. The van der Waals surface area contributed by atoms with Gasteiger partial charge in [-0.15, -0.1) is 0 Å². The van der Waals surface area contributed by atoms with Gasteiger partial charge in [-0.2, -0.15) is 5.26 Å². The topological polar surface area (TPSA) is 89.4 Å². The minimum absolute atomic E-state index is 0.191. The Hall–Kier alpha value is -5.78. The van der Waals surface area contributed by atoms with Crippen molar-refractivity contribution in [3.8, 4) is 6.07 Å². The average molecular weight is 663 g/mol. The molecule has 7 nitrogen and oxygen atoms in total. The molecule has 0 unspecified atom stereocenters. The number of rotatable bonds is 8. The van der Waals surface area contributed by atoms with Crippen LogP contribution in [-0.4, -0.2) is 21.7 Å². The minimum Gasteiger partial charge on any atom is -0.463 e. The van der Waals surface area contributed by atoms with Gasteiger partial charge < -0.3 is 9.30 Å². The van der Waals surface area contributed by atoms with E-state index in [0.29, 0.717) is 38.6 Å². The fourth-order valence-corrected chi connectivity index (χ4v) is 7.42. The number of thiazole rings is 1. The Morgan fingerprint density at radius 1 is 0.980 bits per heavy atom. The van der Waals surface area contributed by atoms with Crippen molar-refractivity contribution in [2.45, 2.75) is 39.3 Å². The first-order valence-corrected chi connectivity index (χ1v) is 17.1. The van der Waals surface area contributed by atoms with E-state index < -0.39 is 12.0 Å². The van der Waals surface area contributed by atoms with E-state index in [1.807, 2.05) is 103 Å². The normalized spacial score (nSPS) is 14.5. The second kappa shape index (κ2) is 13.4. The van der Waals surface area contributed by atoms with Gasteiger partial charge in [-0.1, -0.05) is 116 Å². The lowest BCUT2D eigenvalue weighted by molar-refractivity contribution is -0.138. The molecule has 0 radical (unpaired) electrons. The summed E-state index contributed by atoms with van der Waals surface area (Å²) in [6.07, 6.45) is 3.94. The van der Waals surface area contributed by atoms with Crippen LogP contribution in [0.2, 0.25) is 0 Å². The molecule has 6 aromatic rings. The molecule has 7 rings (SSSR count). The monoisotopic (exact) mass is 662 g/mol. The highest BCUT2D eigenvalue weighted by Gasteiger charge is 2.35. The lowest BCUT2D eigenvalue weighted by atomic mass is 9.91. The summed E-state index contributed by atoms with van der Waals surface area (Å²) < 4.78 is 9.87. The first-order chi connectivity index (χ1) is 23.9. The third-order valence-electron chi connectivity index (χ3n) is 8.88. The van der Waals surface area contributed by atoms with Gasteiger partial charge in [0.25, 0.3) is 5.56 Å². The maximum absolute atomic E-state index is 14.5. The molecule has 2 aromatic heterocycles. The first kappa shape index (κ1) is 31.8. The fraction of sp³-hybridized carbons (Fsp3) is 0.171. The number of fused-ring (bicyclic) bond motifs is 2. The van der Waals surface area contributed by atoms with Crippen molar-refractivity contribution in [1.82, 2.24) is 9.13 Å². The van der Waals surface area contributed by atoms with Crippen LogP contribution < -0.4 is 14.9 Å². The van der Waals surface area contributed by atoms with E-state index in [1.165, 1.54) is 11.3 Å². The molecule has 1 aliphatic rings. The Kier molecular flexibility index (Phi) is 8.68. The van der Waals surface area contributed by atoms with Crippen LogP contribution in [-0.2, 0) is 16.1 Å². The number of esters is 1. The van der Waals surface area contributed by atoms with Crippen LogP contribution in [0.1, 0.15) is 66.1 Å².